The molecule has 0 aliphatic carbocycles. The van der Waals surface area contributed by atoms with Gasteiger partial charge in [0, 0.05) is 15.7 Å². The summed E-state index contributed by atoms with van der Waals surface area (Å²) < 4.78 is 6.56. The molecule has 1 aromatic heterocycles. The first-order valence-corrected chi connectivity index (χ1v) is 7.17. The molecule has 0 bridgehead atoms. The van der Waals surface area contributed by atoms with Crippen LogP contribution in [-0.4, -0.2) is 23.5 Å². The summed E-state index contributed by atoms with van der Waals surface area (Å²) in [4.78, 5) is 24.0. The van der Waals surface area contributed by atoms with Gasteiger partial charge in [0.2, 0.25) is 5.78 Å². The van der Waals surface area contributed by atoms with Crippen LogP contribution >= 0.6 is 15.9 Å². The van der Waals surface area contributed by atoms with Gasteiger partial charge in [0.25, 0.3) is 0 Å². The van der Waals surface area contributed by atoms with Crippen molar-refractivity contribution in [2.24, 2.45) is 0 Å². The lowest BCUT2D eigenvalue weighted by molar-refractivity contribution is 0.0599. The van der Waals surface area contributed by atoms with Gasteiger partial charge in [0.15, 0.2) is 0 Å². The molecular weight excluding hydrogens is 336 g/mol. The molecule has 21 heavy (non-hydrogen) atoms. The maximum Gasteiger partial charge on any atom is 0.339 e. The van der Waals surface area contributed by atoms with Gasteiger partial charge in [0.05, 0.1) is 12.7 Å². The highest BCUT2D eigenvalue weighted by atomic mass is 79.9. The Morgan fingerprint density at radius 2 is 2.00 bits per heavy atom. The highest BCUT2D eigenvalue weighted by Crippen LogP contribution is 2.21. The first-order valence-electron chi connectivity index (χ1n) is 6.37. The fraction of sp³-hybridized carbons (Fsp3) is 0.200. The van der Waals surface area contributed by atoms with Gasteiger partial charge in [-0.3, -0.25) is 9.47 Å². The molecule has 0 saturated carbocycles. The van der Waals surface area contributed by atoms with Crippen molar-refractivity contribution in [2.45, 2.75) is 13.3 Å². The standard InChI is InChI=1S/C15H15BrN2O3/c1-3-10-5-7-13(18(10)17)14(19)9-4-6-11(12(16)8-9)15(20)21-2/h4-8H,3,17H2,1-2H3. The van der Waals surface area contributed by atoms with Crippen molar-refractivity contribution < 1.29 is 14.3 Å². The molecule has 5 nitrogen and oxygen atoms in total. The zero-order valence-corrected chi connectivity index (χ0v) is 13.3. The molecule has 110 valence electrons. The van der Waals surface area contributed by atoms with Crippen molar-refractivity contribution in [3.8, 4) is 0 Å². The second-order valence-electron chi connectivity index (χ2n) is 4.45. The van der Waals surface area contributed by atoms with E-state index in [1.165, 1.54) is 11.8 Å². The smallest absolute Gasteiger partial charge is 0.339 e. The van der Waals surface area contributed by atoms with Crippen LogP contribution in [0.2, 0.25) is 0 Å². The summed E-state index contributed by atoms with van der Waals surface area (Å²) in [6.07, 6.45) is 0.745. The number of ether oxygens (including phenoxy) is 1. The van der Waals surface area contributed by atoms with Crippen molar-refractivity contribution in [1.29, 1.82) is 0 Å². The van der Waals surface area contributed by atoms with Crippen LogP contribution < -0.4 is 5.84 Å². The number of nitrogens with two attached hydrogens (primary N) is 1. The molecule has 0 unspecified atom stereocenters. The third-order valence-electron chi connectivity index (χ3n) is 3.23. The molecule has 2 N–H and O–H groups in total. The van der Waals surface area contributed by atoms with E-state index in [2.05, 4.69) is 20.7 Å². The lowest BCUT2D eigenvalue weighted by Gasteiger charge is -2.07. The largest absolute Gasteiger partial charge is 0.465 e. The number of halogens is 1. The zero-order valence-electron chi connectivity index (χ0n) is 11.7. The van der Waals surface area contributed by atoms with Gasteiger partial charge in [0.1, 0.15) is 5.69 Å². The fourth-order valence-corrected chi connectivity index (χ4v) is 2.58. The van der Waals surface area contributed by atoms with Gasteiger partial charge in [-0.05, 0) is 46.6 Å². The predicted molar refractivity (Wildman–Crippen MR) is 82.9 cm³/mol. The molecule has 0 atom stereocenters. The Kier molecular flexibility index (Phi) is 4.47. The van der Waals surface area contributed by atoms with Crippen LogP contribution in [0.4, 0.5) is 0 Å². The van der Waals surface area contributed by atoms with E-state index in [1.807, 2.05) is 13.0 Å². The number of methoxy groups -OCH3 is 1. The van der Waals surface area contributed by atoms with Crippen LogP contribution in [0.5, 0.6) is 0 Å². The highest BCUT2D eigenvalue weighted by Gasteiger charge is 2.17. The van der Waals surface area contributed by atoms with Gasteiger partial charge in [-0.2, -0.15) is 0 Å². The molecule has 1 aromatic carbocycles. The maximum absolute atomic E-state index is 12.5. The van der Waals surface area contributed by atoms with E-state index in [0.29, 0.717) is 21.3 Å². The number of ketones is 1. The second-order valence-corrected chi connectivity index (χ2v) is 5.30. The number of hydrogen-bond acceptors (Lipinski definition) is 4. The lowest BCUT2D eigenvalue weighted by Crippen LogP contribution is -2.19. The van der Waals surface area contributed by atoms with E-state index in [4.69, 9.17) is 5.84 Å². The number of nitrogens with zero attached hydrogens (tertiary/aromatic N) is 1. The second kappa shape index (κ2) is 6.13. The van der Waals surface area contributed by atoms with E-state index in [9.17, 15) is 9.59 Å². The number of aromatic nitrogens is 1. The molecule has 0 fully saturated rings. The topological polar surface area (TPSA) is 74.3 Å². The summed E-state index contributed by atoms with van der Waals surface area (Å²) >= 11 is 3.28. The van der Waals surface area contributed by atoms with Gasteiger partial charge in [-0.25, -0.2) is 4.79 Å². The number of carbonyl (C=O) groups is 2. The third-order valence-corrected chi connectivity index (χ3v) is 3.89. The van der Waals surface area contributed by atoms with E-state index >= 15 is 0 Å². The minimum Gasteiger partial charge on any atom is -0.465 e. The Hall–Kier alpha value is -2.08. The first-order chi connectivity index (χ1) is 9.99. The van der Waals surface area contributed by atoms with Crippen LogP contribution in [0.3, 0.4) is 0 Å². The minimum atomic E-state index is -0.462. The molecule has 0 saturated heterocycles. The Balaban J connectivity index is 2.38. The van der Waals surface area contributed by atoms with Crippen LogP contribution in [0.1, 0.15) is 39.0 Å². The van der Waals surface area contributed by atoms with Gasteiger partial charge in [-0.1, -0.05) is 13.0 Å². The van der Waals surface area contributed by atoms with E-state index < -0.39 is 5.97 Å². The van der Waals surface area contributed by atoms with Crippen LogP contribution in [0, 0.1) is 0 Å². The van der Waals surface area contributed by atoms with Crippen LogP contribution in [0.15, 0.2) is 34.8 Å². The Morgan fingerprint density at radius 1 is 1.29 bits per heavy atom. The van der Waals surface area contributed by atoms with Crippen molar-refractivity contribution >= 4 is 27.7 Å². The number of esters is 1. The van der Waals surface area contributed by atoms with Crippen molar-refractivity contribution in [3.05, 3.63) is 57.3 Å². The van der Waals surface area contributed by atoms with E-state index in [-0.39, 0.29) is 5.78 Å². The van der Waals surface area contributed by atoms with E-state index in [0.717, 1.165) is 12.1 Å². The minimum absolute atomic E-state index is 0.200. The summed E-state index contributed by atoms with van der Waals surface area (Å²) in [6.45, 7) is 1.97. The van der Waals surface area contributed by atoms with Crippen LogP contribution in [-0.2, 0) is 11.2 Å². The molecule has 1 heterocycles. The molecular formula is C15H15BrN2O3. The SMILES string of the molecule is CCc1ccc(C(=O)c2ccc(C(=O)OC)c(Br)c2)n1N. The van der Waals surface area contributed by atoms with E-state index in [1.54, 1.807) is 24.3 Å². The highest BCUT2D eigenvalue weighted by molar-refractivity contribution is 9.10. The number of carbonyl (C=O) groups excluding carboxylic acids is 2. The quantitative estimate of drug-likeness (QED) is 0.522. The average molecular weight is 351 g/mol. The number of hydrogen-bond donors (Lipinski definition) is 1. The van der Waals surface area contributed by atoms with Gasteiger partial charge < -0.3 is 10.6 Å². The van der Waals surface area contributed by atoms with Gasteiger partial charge >= 0.3 is 5.97 Å². The van der Waals surface area contributed by atoms with Crippen LogP contribution in [0.25, 0.3) is 0 Å². The molecule has 0 aliphatic rings. The summed E-state index contributed by atoms with van der Waals surface area (Å²) in [7, 11) is 1.31. The Morgan fingerprint density at radius 3 is 2.52 bits per heavy atom. The average Bonchev–Trinajstić information content (AvgIpc) is 2.86. The first kappa shape index (κ1) is 15.3. The third kappa shape index (κ3) is 2.85. The normalized spacial score (nSPS) is 10.4. The molecule has 2 aromatic rings. The molecule has 6 heteroatoms. The molecule has 0 radical (unpaired) electrons. The lowest BCUT2D eigenvalue weighted by atomic mass is 10.1. The summed E-state index contributed by atoms with van der Waals surface area (Å²) in [6, 6.07) is 8.24. The monoisotopic (exact) mass is 350 g/mol. The fourth-order valence-electron chi connectivity index (χ4n) is 2.04. The zero-order chi connectivity index (χ0) is 15.6. The van der Waals surface area contributed by atoms with Crippen molar-refractivity contribution in [2.75, 3.05) is 13.0 Å². The number of aryl methyl sites for hydroxylation is 1. The predicted octanol–water partition coefficient (Wildman–Crippen LogP) is 2.54. The molecule has 0 spiro atoms. The summed E-state index contributed by atoms with van der Waals surface area (Å²) in [5.41, 5.74) is 2.10. The summed E-state index contributed by atoms with van der Waals surface area (Å²) in [5, 5.41) is 0. The molecule has 2 rings (SSSR count). The Labute approximate surface area is 130 Å². The van der Waals surface area contributed by atoms with Crippen molar-refractivity contribution in [1.82, 2.24) is 4.68 Å². The molecule has 0 amide bonds. The van der Waals surface area contributed by atoms with Crippen molar-refractivity contribution in [3.63, 3.8) is 0 Å². The maximum atomic E-state index is 12.5. The Bertz CT molecular complexity index is 707. The molecule has 0 aliphatic heterocycles. The number of rotatable bonds is 4. The number of benzene rings is 1. The van der Waals surface area contributed by atoms with Gasteiger partial charge in [-0.15, -0.1) is 0 Å². The summed E-state index contributed by atoms with van der Waals surface area (Å²) in [5.74, 6) is 5.24. The number of nitrogen functional groups attached to an aromatic ring is 1.